The fourth-order valence-electron chi connectivity index (χ4n) is 2.21. The monoisotopic (exact) mass is 235 g/mol. The van der Waals surface area contributed by atoms with Gasteiger partial charge >= 0.3 is 0 Å². The van der Waals surface area contributed by atoms with Crippen LogP contribution < -0.4 is 0 Å². The van der Waals surface area contributed by atoms with Crippen molar-refractivity contribution in [3.05, 3.63) is 34.9 Å². The van der Waals surface area contributed by atoms with Crippen LogP contribution in [-0.4, -0.2) is 11.5 Å². The third-order valence-corrected chi connectivity index (χ3v) is 3.71. The zero-order valence-corrected chi connectivity index (χ0v) is 9.97. The van der Waals surface area contributed by atoms with Gasteiger partial charge < -0.3 is 5.41 Å². The Balaban J connectivity index is 2.43. The van der Waals surface area contributed by atoms with Crippen LogP contribution in [0.15, 0.2) is 24.3 Å². The van der Waals surface area contributed by atoms with Crippen molar-refractivity contribution < 1.29 is 4.79 Å². The second-order valence-electron chi connectivity index (χ2n) is 4.52. The Hall–Kier alpha value is -1.15. The Labute approximate surface area is 100 Å². The molecular weight excluding hydrogens is 222 g/mol. The lowest BCUT2D eigenvalue weighted by Crippen LogP contribution is -2.38. The molecule has 0 saturated heterocycles. The SMILES string of the molecule is CC1(c2ccccc2Cl)CCC(=N)CC1=O. The van der Waals surface area contributed by atoms with Gasteiger partial charge in [0, 0.05) is 17.2 Å². The van der Waals surface area contributed by atoms with E-state index in [4.69, 9.17) is 17.0 Å². The Kier molecular flexibility index (Phi) is 2.85. The highest BCUT2D eigenvalue weighted by Crippen LogP contribution is 2.38. The molecular formula is C13H14ClNO. The van der Waals surface area contributed by atoms with Crippen molar-refractivity contribution in [1.29, 1.82) is 5.41 Å². The topological polar surface area (TPSA) is 40.9 Å². The molecule has 1 saturated carbocycles. The number of hydrogen-bond donors (Lipinski definition) is 1. The van der Waals surface area contributed by atoms with Gasteiger partial charge in [0.2, 0.25) is 0 Å². The number of Topliss-reactive ketones (excluding diaryl/α,β-unsaturated/α-hetero) is 1. The fourth-order valence-corrected chi connectivity index (χ4v) is 2.56. The molecule has 0 bridgehead atoms. The summed E-state index contributed by atoms with van der Waals surface area (Å²) in [5.74, 6) is 0.108. The van der Waals surface area contributed by atoms with Crippen molar-refractivity contribution in [3.8, 4) is 0 Å². The van der Waals surface area contributed by atoms with Crippen molar-refractivity contribution in [2.75, 3.05) is 0 Å². The first kappa shape index (κ1) is 11.3. The van der Waals surface area contributed by atoms with Crippen LogP contribution in [0.4, 0.5) is 0 Å². The van der Waals surface area contributed by atoms with Gasteiger partial charge in [-0.05, 0) is 31.4 Å². The number of ketones is 1. The molecule has 1 aromatic rings. The van der Waals surface area contributed by atoms with E-state index < -0.39 is 5.41 Å². The Morgan fingerprint density at radius 1 is 1.38 bits per heavy atom. The summed E-state index contributed by atoms with van der Waals surface area (Å²) in [6.45, 7) is 1.93. The first-order valence-corrected chi connectivity index (χ1v) is 5.76. The molecule has 2 rings (SSSR count). The number of halogens is 1. The zero-order chi connectivity index (χ0) is 11.8. The summed E-state index contributed by atoms with van der Waals surface area (Å²) in [5.41, 5.74) is 0.923. The van der Waals surface area contributed by atoms with Gasteiger partial charge in [0.05, 0.1) is 5.41 Å². The van der Waals surface area contributed by atoms with E-state index >= 15 is 0 Å². The molecule has 1 atom stereocenters. The summed E-state index contributed by atoms with van der Waals surface area (Å²) in [4.78, 5) is 12.1. The van der Waals surface area contributed by atoms with Crippen LogP contribution in [0.3, 0.4) is 0 Å². The Morgan fingerprint density at radius 3 is 2.69 bits per heavy atom. The number of carbonyl (C=O) groups excluding carboxylic acids is 1. The molecule has 0 spiro atoms. The summed E-state index contributed by atoms with van der Waals surface area (Å²) in [6, 6.07) is 7.49. The van der Waals surface area contributed by atoms with Crippen LogP contribution in [0.25, 0.3) is 0 Å². The highest BCUT2D eigenvalue weighted by atomic mass is 35.5. The Bertz CT molecular complexity index is 455. The maximum Gasteiger partial charge on any atom is 0.148 e. The van der Waals surface area contributed by atoms with Crippen LogP contribution in [0.1, 0.15) is 31.7 Å². The van der Waals surface area contributed by atoms with E-state index in [9.17, 15) is 4.79 Å². The molecule has 1 aliphatic carbocycles. The second kappa shape index (κ2) is 4.02. The summed E-state index contributed by atoms with van der Waals surface area (Å²) >= 11 is 6.14. The quantitative estimate of drug-likeness (QED) is 0.797. The zero-order valence-electron chi connectivity index (χ0n) is 9.22. The van der Waals surface area contributed by atoms with Gasteiger partial charge in [-0.1, -0.05) is 29.8 Å². The summed E-state index contributed by atoms with van der Waals surface area (Å²) in [6.07, 6.45) is 1.64. The van der Waals surface area contributed by atoms with E-state index in [0.717, 1.165) is 5.56 Å². The highest BCUT2D eigenvalue weighted by Gasteiger charge is 2.39. The third-order valence-electron chi connectivity index (χ3n) is 3.38. The van der Waals surface area contributed by atoms with Crippen molar-refractivity contribution in [2.24, 2.45) is 0 Å². The van der Waals surface area contributed by atoms with Crippen LogP contribution in [0.5, 0.6) is 0 Å². The standard InChI is InChI=1S/C13H14ClNO/c1-13(7-6-9(15)8-12(13)16)10-4-2-3-5-11(10)14/h2-5,15H,6-8H2,1H3. The summed E-state index contributed by atoms with van der Waals surface area (Å²) in [5, 5.41) is 8.20. The maximum atomic E-state index is 12.1. The van der Waals surface area contributed by atoms with E-state index in [-0.39, 0.29) is 12.2 Å². The molecule has 0 heterocycles. The van der Waals surface area contributed by atoms with Crippen LogP contribution in [0.2, 0.25) is 5.02 Å². The molecule has 3 heteroatoms. The van der Waals surface area contributed by atoms with Crippen molar-refractivity contribution in [3.63, 3.8) is 0 Å². The van der Waals surface area contributed by atoms with Gasteiger partial charge in [0.25, 0.3) is 0 Å². The molecule has 1 aromatic carbocycles. The Morgan fingerprint density at radius 2 is 2.06 bits per heavy atom. The van der Waals surface area contributed by atoms with Crippen LogP contribution in [0, 0.1) is 5.41 Å². The molecule has 0 aliphatic heterocycles. The van der Waals surface area contributed by atoms with Crippen molar-refractivity contribution in [2.45, 2.75) is 31.6 Å². The second-order valence-corrected chi connectivity index (χ2v) is 4.92. The number of nitrogens with one attached hydrogen (secondary N) is 1. The van der Waals surface area contributed by atoms with E-state index in [1.165, 1.54) is 0 Å². The number of hydrogen-bond acceptors (Lipinski definition) is 2. The fraction of sp³-hybridized carbons (Fsp3) is 0.385. The van der Waals surface area contributed by atoms with Gasteiger partial charge in [-0.2, -0.15) is 0 Å². The van der Waals surface area contributed by atoms with E-state index in [0.29, 0.717) is 23.6 Å². The van der Waals surface area contributed by atoms with Gasteiger partial charge in [-0.25, -0.2) is 0 Å². The van der Waals surface area contributed by atoms with E-state index in [2.05, 4.69) is 0 Å². The van der Waals surface area contributed by atoms with Crippen molar-refractivity contribution in [1.82, 2.24) is 0 Å². The molecule has 0 amide bonds. The highest BCUT2D eigenvalue weighted by molar-refractivity contribution is 6.32. The lowest BCUT2D eigenvalue weighted by atomic mass is 9.69. The van der Waals surface area contributed by atoms with Gasteiger partial charge in [0.15, 0.2) is 0 Å². The van der Waals surface area contributed by atoms with Crippen LogP contribution >= 0.6 is 11.6 Å². The smallest absolute Gasteiger partial charge is 0.148 e. The minimum atomic E-state index is -0.511. The maximum absolute atomic E-state index is 12.1. The number of benzene rings is 1. The summed E-state index contributed by atoms with van der Waals surface area (Å²) in [7, 11) is 0. The predicted octanol–water partition coefficient (Wildman–Crippen LogP) is 3.37. The molecule has 1 fully saturated rings. The lowest BCUT2D eigenvalue weighted by Gasteiger charge is -2.33. The predicted molar refractivity (Wildman–Crippen MR) is 65.4 cm³/mol. The molecule has 2 nitrogen and oxygen atoms in total. The van der Waals surface area contributed by atoms with E-state index in [1.54, 1.807) is 0 Å². The van der Waals surface area contributed by atoms with Gasteiger partial charge in [-0.3, -0.25) is 4.79 Å². The van der Waals surface area contributed by atoms with Crippen LogP contribution in [-0.2, 0) is 10.2 Å². The lowest BCUT2D eigenvalue weighted by molar-refractivity contribution is -0.123. The number of carbonyl (C=O) groups is 1. The average molecular weight is 236 g/mol. The molecule has 16 heavy (non-hydrogen) atoms. The molecule has 1 aliphatic rings. The van der Waals surface area contributed by atoms with Gasteiger partial charge in [0.1, 0.15) is 5.78 Å². The normalized spacial score (nSPS) is 25.9. The molecule has 1 N–H and O–H groups in total. The molecule has 0 radical (unpaired) electrons. The first-order valence-electron chi connectivity index (χ1n) is 5.38. The van der Waals surface area contributed by atoms with E-state index in [1.807, 2.05) is 31.2 Å². The first-order chi connectivity index (χ1) is 7.54. The minimum Gasteiger partial charge on any atom is -0.309 e. The average Bonchev–Trinajstić information content (AvgIpc) is 2.25. The minimum absolute atomic E-state index is 0.108. The largest absolute Gasteiger partial charge is 0.309 e. The molecule has 0 aromatic heterocycles. The molecule has 1 unspecified atom stereocenters. The van der Waals surface area contributed by atoms with Gasteiger partial charge in [-0.15, -0.1) is 0 Å². The van der Waals surface area contributed by atoms with Crippen molar-refractivity contribution >= 4 is 23.1 Å². The molecule has 84 valence electrons. The number of rotatable bonds is 1. The third kappa shape index (κ3) is 1.78. The summed E-state index contributed by atoms with van der Waals surface area (Å²) < 4.78 is 0.